The summed E-state index contributed by atoms with van der Waals surface area (Å²) in [6, 6.07) is 10.7. The molecule has 1 unspecified atom stereocenters. The first-order valence-electron chi connectivity index (χ1n) is 9.96. The number of amides is 1. The Morgan fingerprint density at radius 3 is 2.50 bits per heavy atom. The molecule has 1 aromatic carbocycles. The first-order valence-corrected chi connectivity index (χ1v) is 9.96. The van der Waals surface area contributed by atoms with Crippen molar-refractivity contribution in [1.29, 1.82) is 0 Å². The van der Waals surface area contributed by atoms with Crippen LogP contribution in [0, 0.1) is 5.92 Å². The SMILES string of the molecule is CCNC(=NCC(CC)c1ccccc1)N1CCC(CC(=O)NC)CC1. The van der Waals surface area contributed by atoms with Crippen LogP contribution in [0.2, 0.25) is 0 Å². The van der Waals surface area contributed by atoms with Crippen LogP contribution in [0.1, 0.15) is 51.0 Å². The maximum atomic E-state index is 11.6. The average molecular weight is 359 g/mol. The monoisotopic (exact) mass is 358 g/mol. The van der Waals surface area contributed by atoms with E-state index in [2.05, 4.69) is 59.7 Å². The second kappa shape index (κ2) is 10.8. The molecule has 1 heterocycles. The highest BCUT2D eigenvalue weighted by Gasteiger charge is 2.23. The summed E-state index contributed by atoms with van der Waals surface area (Å²) >= 11 is 0. The van der Waals surface area contributed by atoms with Gasteiger partial charge in [-0.25, -0.2) is 0 Å². The van der Waals surface area contributed by atoms with Gasteiger partial charge in [0, 0.05) is 45.6 Å². The Hall–Kier alpha value is -2.04. The van der Waals surface area contributed by atoms with E-state index in [0.29, 0.717) is 18.3 Å². The van der Waals surface area contributed by atoms with Gasteiger partial charge in [-0.2, -0.15) is 0 Å². The van der Waals surface area contributed by atoms with Crippen molar-refractivity contribution in [1.82, 2.24) is 15.5 Å². The van der Waals surface area contributed by atoms with Crippen LogP contribution in [0.3, 0.4) is 0 Å². The van der Waals surface area contributed by atoms with Crippen molar-refractivity contribution in [3.63, 3.8) is 0 Å². The number of hydrogen-bond acceptors (Lipinski definition) is 2. The lowest BCUT2D eigenvalue weighted by atomic mass is 9.93. The fourth-order valence-electron chi connectivity index (χ4n) is 3.53. The molecule has 0 aliphatic carbocycles. The molecule has 5 nitrogen and oxygen atoms in total. The molecular weight excluding hydrogens is 324 g/mol. The van der Waals surface area contributed by atoms with E-state index in [0.717, 1.165) is 51.4 Å². The van der Waals surface area contributed by atoms with Gasteiger partial charge in [-0.15, -0.1) is 0 Å². The number of hydrogen-bond donors (Lipinski definition) is 2. The number of rotatable bonds is 7. The number of nitrogens with zero attached hydrogens (tertiary/aromatic N) is 2. The largest absolute Gasteiger partial charge is 0.359 e. The summed E-state index contributed by atoms with van der Waals surface area (Å²) in [5.74, 6) is 2.11. The van der Waals surface area contributed by atoms with Gasteiger partial charge < -0.3 is 15.5 Å². The van der Waals surface area contributed by atoms with E-state index in [1.54, 1.807) is 7.05 Å². The standard InChI is InChI=1S/C21H34N4O/c1-4-18(19-9-7-6-8-10-19)16-24-21(23-5-2)25-13-11-17(12-14-25)15-20(26)22-3/h6-10,17-18H,4-5,11-16H2,1-3H3,(H,22,26)(H,23,24). The van der Waals surface area contributed by atoms with Crippen LogP contribution in [0.4, 0.5) is 0 Å². The number of guanidine groups is 1. The minimum Gasteiger partial charge on any atom is -0.359 e. The highest BCUT2D eigenvalue weighted by Crippen LogP contribution is 2.22. The molecular formula is C21H34N4O. The third-order valence-electron chi connectivity index (χ3n) is 5.23. The highest BCUT2D eigenvalue weighted by atomic mass is 16.1. The van der Waals surface area contributed by atoms with Crippen LogP contribution in [0.15, 0.2) is 35.3 Å². The lowest BCUT2D eigenvalue weighted by Crippen LogP contribution is -2.46. The Kier molecular flexibility index (Phi) is 8.45. The van der Waals surface area contributed by atoms with Gasteiger partial charge in [0.2, 0.25) is 5.91 Å². The summed E-state index contributed by atoms with van der Waals surface area (Å²) in [7, 11) is 1.71. The van der Waals surface area contributed by atoms with E-state index >= 15 is 0 Å². The molecule has 1 amide bonds. The lowest BCUT2D eigenvalue weighted by Gasteiger charge is -2.34. The lowest BCUT2D eigenvalue weighted by molar-refractivity contribution is -0.121. The zero-order valence-electron chi connectivity index (χ0n) is 16.5. The number of carbonyl (C=O) groups is 1. The Balaban J connectivity index is 1.95. The zero-order valence-corrected chi connectivity index (χ0v) is 16.5. The summed E-state index contributed by atoms with van der Waals surface area (Å²) in [6.45, 7) is 7.96. The predicted molar refractivity (Wildman–Crippen MR) is 108 cm³/mol. The third-order valence-corrected chi connectivity index (χ3v) is 5.23. The Morgan fingerprint density at radius 2 is 1.92 bits per heavy atom. The van der Waals surface area contributed by atoms with Gasteiger partial charge in [-0.05, 0) is 37.7 Å². The Labute approximate surface area is 158 Å². The molecule has 0 radical (unpaired) electrons. The topological polar surface area (TPSA) is 56.7 Å². The molecule has 5 heteroatoms. The summed E-state index contributed by atoms with van der Waals surface area (Å²) in [6.07, 6.45) is 3.83. The first-order chi connectivity index (χ1) is 12.7. The quantitative estimate of drug-likeness (QED) is 0.582. The fourth-order valence-corrected chi connectivity index (χ4v) is 3.53. The van der Waals surface area contributed by atoms with Crippen molar-refractivity contribution < 1.29 is 4.79 Å². The van der Waals surface area contributed by atoms with Crippen molar-refractivity contribution >= 4 is 11.9 Å². The molecule has 2 N–H and O–H groups in total. The smallest absolute Gasteiger partial charge is 0.220 e. The summed E-state index contributed by atoms with van der Waals surface area (Å²) in [4.78, 5) is 18.9. The molecule has 144 valence electrons. The Bertz CT molecular complexity index is 565. The van der Waals surface area contributed by atoms with Crippen LogP contribution < -0.4 is 10.6 Å². The van der Waals surface area contributed by atoms with E-state index in [1.807, 2.05) is 0 Å². The molecule has 0 saturated carbocycles. The average Bonchev–Trinajstić information content (AvgIpc) is 2.69. The van der Waals surface area contributed by atoms with Crippen LogP contribution in [-0.2, 0) is 4.79 Å². The van der Waals surface area contributed by atoms with Crippen LogP contribution in [0.25, 0.3) is 0 Å². The van der Waals surface area contributed by atoms with E-state index in [4.69, 9.17) is 4.99 Å². The summed E-state index contributed by atoms with van der Waals surface area (Å²) < 4.78 is 0. The molecule has 1 atom stereocenters. The number of benzene rings is 1. The molecule has 1 aliphatic heterocycles. The van der Waals surface area contributed by atoms with Gasteiger partial charge in [-0.3, -0.25) is 9.79 Å². The van der Waals surface area contributed by atoms with Gasteiger partial charge in [0.25, 0.3) is 0 Å². The first kappa shape index (κ1) is 20.3. The van der Waals surface area contributed by atoms with Crippen molar-refractivity contribution in [2.75, 3.05) is 33.2 Å². The number of aliphatic imine (C=N–C) groups is 1. The molecule has 0 spiro atoms. The maximum absolute atomic E-state index is 11.6. The minimum absolute atomic E-state index is 0.151. The molecule has 1 fully saturated rings. The van der Waals surface area contributed by atoms with E-state index < -0.39 is 0 Å². The normalized spacial score (nSPS) is 17.0. The van der Waals surface area contributed by atoms with Crippen LogP contribution in [0.5, 0.6) is 0 Å². The highest BCUT2D eigenvalue weighted by molar-refractivity contribution is 5.80. The molecule has 1 saturated heterocycles. The van der Waals surface area contributed by atoms with Crippen molar-refractivity contribution in [2.24, 2.45) is 10.9 Å². The second-order valence-corrected chi connectivity index (χ2v) is 7.02. The van der Waals surface area contributed by atoms with Crippen molar-refractivity contribution in [2.45, 2.75) is 45.4 Å². The third kappa shape index (κ3) is 6.04. The van der Waals surface area contributed by atoms with E-state index in [9.17, 15) is 4.79 Å². The second-order valence-electron chi connectivity index (χ2n) is 7.02. The summed E-state index contributed by atoms with van der Waals surface area (Å²) in [5, 5.41) is 6.18. The van der Waals surface area contributed by atoms with E-state index in [1.165, 1.54) is 5.56 Å². The van der Waals surface area contributed by atoms with Crippen molar-refractivity contribution in [3.8, 4) is 0 Å². The van der Waals surface area contributed by atoms with Crippen molar-refractivity contribution in [3.05, 3.63) is 35.9 Å². The number of carbonyl (C=O) groups excluding carboxylic acids is 1. The fraction of sp³-hybridized carbons (Fsp3) is 0.619. The van der Waals surface area contributed by atoms with Crippen LogP contribution >= 0.6 is 0 Å². The molecule has 1 aromatic rings. The number of nitrogens with one attached hydrogen (secondary N) is 2. The summed E-state index contributed by atoms with van der Waals surface area (Å²) in [5.41, 5.74) is 1.36. The van der Waals surface area contributed by atoms with Gasteiger partial charge in [-0.1, -0.05) is 37.3 Å². The molecule has 26 heavy (non-hydrogen) atoms. The van der Waals surface area contributed by atoms with Gasteiger partial charge in [0.1, 0.15) is 0 Å². The molecule has 2 rings (SSSR count). The molecule has 0 bridgehead atoms. The number of likely N-dealkylation sites (tertiary alicyclic amines) is 1. The molecule has 0 aromatic heterocycles. The van der Waals surface area contributed by atoms with Crippen LogP contribution in [-0.4, -0.2) is 50.0 Å². The van der Waals surface area contributed by atoms with E-state index in [-0.39, 0.29) is 5.91 Å². The zero-order chi connectivity index (χ0) is 18.8. The van der Waals surface area contributed by atoms with Gasteiger partial charge in [0.05, 0.1) is 0 Å². The predicted octanol–water partition coefficient (Wildman–Crippen LogP) is 2.99. The number of piperidine rings is 1. The molecule has 1 aliphatic rings. The van der Waals surface area contributed by atoms with Gasteiger partial charge >= 0.3 is 0 Å². The minimum atomic E-state index is 0.151. The Morgan fingerprint density at radius 1 is 1.23 bits per heavy atom. The maximum Gasteiger partial charge on any atom is 0.220 e. The van der Waals surface area contributed by atoms with Gasteiger partial charge in [0.15, 0.2) is 5.96 Å².